The van der Waals surface area contributed by atoms with Gasteiger partial charge in [0, 0.05) is 72.2 Å². The Kier molecular flexibility index (Phi) is 13.0. The summed E-state index contributed by atoms with van der Waals surface area (Å²) in [5.41, 5.74) is 14.3. The molecular formula is C66H67N4OPt-3. The van der Waals surface area contributed by atoms with Crippen LogP contribution in [-0.2, 0) is 48.1 Å². The van der Waals surface area contributed by atoms with Crippen LogP contribution in [0.2, 0.25) is 0 Å². The molecule has 0 saturated heterocycles. The zero-order valence-corrected chi connectivity index (χ0v) is 46.5. The first-order valence-electron chi connectivity index (χ1n) is 25.1. The summed E-state index contributed by atoms with van der Waals surface area (Å²) in [6.45, 7) is 31.9. The van der Waals surface area contributed by atoms with E-state index in [1.54, 1.807) is 0 Å². The molecule has 0 atom stereocenters. The van der Waals surface area contributed by atoms with Crippen molar-refractivity contribution in [1.82, 2.24) is 9.55 Å². The minimum atomic E-state index is -0.243. The van der Waals surface area contributed by atoms with E-state index in [4.69, 9.17) is 9.72 Å². The summed E-state index contributed by atoms with van der Waals surface area (Å²) in [5.74, 6) is 2.06. The van der Waals surface area contributed by atoms with E-state index in [1.807, 2.05) is 18.3 Å². The molecule has 0 saturated carbocycles. The summed E-state index contributed by atoms with van der Waals surface area (Å²) in [6, 6.07) is 64.6. The molecular weight excluding hydrogens is 1060 g/mol. The Morgan fingerprint density at radius 2 is 1.04 bits per heavy atom. The van der Waals surface area contributed by atoms with Crippen LogP contribution >= 0.6 is 0 Å². The number of benzene rings is 7. The Hall–Kier alpha value is -6.42. The number of ether oxygens (including phenoxy) is 1. The van der Waals surface area contributed by atoms with E-state index >= 15 is 0 Å². The third-order valence-electron chi connectivity index (χ3n) is 14.8. The first kappa shape index (κ1) is 50.5. The largest absolute Gasteiger partial charge is 0.509 e. The van der Waals surface area contributed by atoms with E-state index in [0.29, 0.717) is 11.5 Å². The van der Waals surface area contributed by atoms with Gasteiger partial charge in [0.2, 0.25) is 0 Å². The maximum Gasteiger partial charge on any atom is 0.135 e. The van der Waals surface area contributed by atoms with Crippen LogP contribution in [0.1, 0.15) is 129 Å². The van der Waals surface area contributed by atoms with Crippen LogP contribution in [0, 0.1) is 18.8 Å². The number of fused-ring (bicyclic) bond motifs is 4. The van der Waals surface area contributed by atoms with Gasteiger partial charge in [-0.05, 0) is 103 Å². The van der Waals surface area contributed by atoms with E-state index in [-0.39, 0.29) is 48.1 Å². The van der Waals surface area contributed by atoms with Gasteiger partial charge in [-0.1, -0.05) is 180 Å². The fourth-order valence-corrected chi connectivity index (χ4v) is 9.98. The molecule has 370 valence electrons. The van der Waals surface area contributed by atoms with Gasteiger partial charge in [-0.25, -0.2) is 4.98 Å². The molecule has 10 rings (SSSR count). The second-order valence-corrected chi connectivity index (χ2v) is 23.6. The van der Waals surface area contributed by atoms with Gasteiger partial charge in [0.25, 0.3) is 0 Å². The van der Waals surface area contributed by atoms with Gasteiger partial charge in [0.05, 0.1) is 0 Å². The number of aromatic nitrogens is 2. The number of hydrogen-bond donors (Lipinski definition) is 0. The maximum absolute atomic E-state index is 6.79. The van der Waals surface area contributed by atoms with Gasteiger partial charge in [-0.2, -0.15) is 12.1 Å². The van der Waals surface area contributed by atoms with Crippen molar-refractivity contribution in [3.8, 4) is 17.3 Å². The third-order valence-corrected chi connectivity index (χ3v) is 14.8. The number of pyridine rings is 1. The summed E-state index contributed by atoms with van der Waals surface area (Å²) >= 11 is 0. The molecule has 2 aromatic heterocycles. The van der Waals surface area contributed by atoms with Crippen LogP contribution < -0.4 is 14.5 Å². The van der Waals surface area contributed by atoms with Crippen molar-refractivity contribution in [1.29, 1.82) is 0 Å². The summed E-state index contributed by atoms with van der Waals surface area (Å²) in [7, 11) is 0. The van der Waals surface area contributed by atoms with Crippen LogP contribution in [0.15, 0.2) is 164 Å². The predicted octanol–water partition coefficient (Wildman–Crippen LogP) is 17.5. The van der Waals surface area contributed by atoms with Gasteiger partial charge in [0.1, 0.15) is 5.82 Å². The molecule has 72 heavy (non-hydrogen) atoms. The van der Waals surface area contributed by atoms with Crippen LogP contribution in [0.25, 0.3) is 27.6 Å². The average molecular weight is 1130 g/mol. The van der Waals surface area contributed by atoms with Crippen molar-refractivity contribution >= 4 is 44.6 Å². The van der Waals surface area contributed by atoms with Crippen molar-refractivity contribution in [2.24, 2.45) is 0 Å². The van der Waals surface area contributed by atoms with E-state index < -0.39 is 0 Å². The van der Waals surface area contributed by atoms with Crippen LogP contribution in [0.4, 0.5) is 22.7 Å². The first-order valence-corrected chi connectivity index (χ1v) is 25.1. The quantitative estimate of drug-likeness (QED) is 0.135. The van der Waals surface area contributed by atoms with Crippen LogP contribution in [0.5, 0.6) is 11.5 Å². The summed E-state index contributed by atoms with van der Waals surface area (Å²) < 4.78 is 9.03. The average Bonchev–Trinajstić information content (AvgIpc) is 3.89. The van der Waals surface area contributed by atoms with E-state index in [9.17, 15) is 0 Å². The Balaban J connectivity index is 0.00000640. The Labute approximate surface area is 443 Å². The molecule has 0 radical (unpaired) electrons. The summed E-state index contributed by atoms with van der Waals surface area (Å²) in [6.07, 6.45) is 1.92. The molecule has 0 N–H and O–H groups in total. The number of hydrogen-bond acceptors (Lipinski definition) is 4. The van der Waals surface area contributed by atoms with E-state index in [2.05, 4.69) is 269 Å². The van der Waals surface area contributed by atoms with Crippen LogP contribution in [0.3, 0.4) is 0 Å². The zero-order chi connectivity index (χ0) is 50.3. The van der Waals surface area contributed by atoms with Gasteiger partial charge in [0.15, 0.2) is 0 Å². The molecule has 0 bridgehead atoms. The molecule has 0 spiro atoms. The molecule has 1 aliphatic heterocycles. The zero-order valence-electron chi connectivity index (χ0n) is 44.2. The number of rotatable bonds is 9. The SMILES string of the molecule is CC(C)(C)c1cc(N2[CH-]N(c3[c-]c(Oc4[c-]c5c(cc4)c4cc(C(C)(C)C)ccc4n5-c4cc(C(C)(C)C)ccn4)ccc3)c3ccc(C(C)(C)c4ccccc4)cc32)cc(C(C)(C)c2ccccc2)c1.[Pt]. The smallest absolute Gasteiger partial charge is 0.135 e. The molecule has 7 aromatic carbocycles. The van der Waals surface area contributed by atoms with Crippen molar-refractivity contribution in [3.05, 3.63) is 222 Å². The second kappa shape index (κ2) is 18.6. The van der Waals surface area contributed by atoms with Crippen molar-refractivity contribution in [2.75, 3.05) is 9.80 Å². The molecule has 9 aromatic rings. The monoisotopic (exact) mass is 1130 g/mol. The molecule has 0 unspecified atom stereocenters. The van der Waals surface area contributed by atoms with Crippen LogP contribution in [-0.4, -0.2) is 9.55 Å². The Morgan fingerprint density at radius 3 is 1.69 bits per heavy atom. The summed E-state index contributed by atoms with van der Waals surface area (Å²) in [5, 5.41) is 2.27. The molecule has 6 heteroatoms. The molecule has 0 amide bonds. The number of anilines is 4. The fourth-order valence-electron chi connectivity index (χ4n) is 9.98. The normalized spacial score (nSPS) is 13.4. The second-order valence-electron chi connectivity index (χ2n) is 23.6. The fraction of sp³-hybridized carbons (Fsp3) is 0.273. The van der Waals surface area contributed by atoms with Gasteiger partial charge in [-0.3, -0.25) is 0 Å². The minimum Gasteiger partial charge on any atom is -0.509 e. The standard InChI is InChI=1S/C66H67N4O.Pt/c1-62(2,3)46-27-31-57-56(38-46)55-30-29-54(42-59(55)70(57)61-40-47(33-34-67-61)63(4,5)6)71-53-26-20-25-51(41-53)68-43-69(60-39-48(28-32-58(60)68)65(10,11)44-21-16-14-17-22-44)52-36-49(64(7,8)9)35-50(37-52)66(12,13)45-23-18-15-19-24-45;/h14-40,43H,1-13H3;/q-3;. The van der Waals surface area contributed by atoms with E-state index in [1.165, 1.54) is 44.3 Å². The van der Waals surface area contributed by atoms with Gasteiger partial charge < -0.3 is 19.1 Å². The van der Waals surface area contributed by atoms with Gasteiger partial charge >= 0.3 is 0 Å². The Morgan fingerprint density at radius 1 is 0.444 bits per heavy atom. The molecule has 0 aliphatic carbocycles. The topological polar surface area (TPSA) is 33.5 Å². The minimum absolute atomic E-state index is 0. The van der Waals surface area contributed by atoms with Crippen molar-refractivity contribution in [2.45, 2.75) is 117 Å². The third kappa shape index (κ3) is 9.42. The molecule has 5 nitrogen and oxygen atoms in total. The number of nitrogens with zero attached hydrogens (tertiary/aromatic N) is 4. The van der Waals surface area contributed by atoms with Crippen molar-refractivity contribution in [3.63, 3.8) is 0 Å². The van der Waals surface area contributed by atoms with Gasteiger partial charge in [-0.15, -0.1) is 48.1 Å². The molecule has 0 fully saturated rings. The maximum atomic E-state index is 6.79. The van der Waals surface area contributed by atoms with E-state index in [0.717, 1.165) is 45.0 Å². The summed E-state index contributed by atoms with van der Waals surface area (Å²) in [4.78, 5) is 9.57. The van der Waals surface area contributed by atoms with Crippen molar-refractivity contribution < 1.29 is 25.8 Å². The predicted molar refractivity (Wildman–Crippen MR) is 297 cm³/mol. The Bertz CT molecular complexity index is 3440. The first-order chi connectivity index (χ1) is 33.6. The molecule has 1 aliphatic rings. The molecule has 3 heterocycles.